The topological polar surface area (TPSA) is 26.3 Å². The summed E-state index contributed by atoms with van der Waals surface area (Å²) in [5.41, 5.74) is 0. The third-order valence-corrected chi connectivity index (χ3v) is 5.82. The van der Waals surface area contributed by atoms with Gasteiger partial charge in [0.25, 0.3) is 0 Å². The van der Waals surface area contributed by atoms with Gasteiger partial charge in [-0.2, -0.15) is 0 Å². The molecule has 0 N–H and O–H groups in total. The van der Waals surface area contributed by atoms with Crippen LogP contribution in [0.4, 0.5) is 0 Å². The molecule has 0 spiro atoms. The zero-order chi connectivity index (χ0) is 14.5. The van der Waals surface area contributed by atoms with Gasteiger partial charge in [-0.25, -0.2) is 4.79 Å². The van der Waals surface area contributed by atoms with Crippen LogP contribution in [0.1, 0.15) is 20.3 Å². The second-order valence-corrected chi connectivity index (χ2v) is 6.87. The number of carbonyl (C=O) groups excluding carboxylic acids is 1. The van der Waals surface area contributed by atoms with Crippen LogP contribution in [0.3, 0.4) is 0 Å². The molecule has 0 aliphatic heterocycles. The SMILES string of the molecule is CCOC(=O)C(CC)[S+](C)c1ccc2ccccc2c1. The molecule has 2 unspecified atom stereocenters. The zero-order valence-electron chi connectivity index (χ0n) is 12.3. The summed E-state index contributed by atoms with van der Waals surface area (Å²) in [7, 11) is -0.133. The second-order valence-electron chi connectivity index (χ2n) is 4.72. The first kappa shape index (κ1) is 14.9. The Labute approximate surface area is 123 Å². The van der Waals surface area contributed by atoms with Crippen LogP contribution in [0.15, 0.2) is 47.4 Å². The molecule has 2 aromatic rings. The minimum atomic E-state index is -0.133. The lowest BCUT2D eigenvalue weighted by atomic mass is 10.1. The van der Waals surface area contributed by atoms with Crippen LogP contribution in [0, 0.1) is 0 Å². The van der Waals surface area contributed by atoms with Crippen molar-refractivity contribution >= 4 is 27.6 Å². The van der Waals surface area contributed by atoms with Gasteiger partial charge in [0.15, 0.2) is 4.90 Å². The average molecular weight is 289 g/mol. The van der Waals surface area contributed by atoms with Crippen molar-refractivity contribution in [1.29, 1.82) is 0 Å². The van der Waals surface area contributed by atoms with E-state index in [4.69, 9.17) is 4.74 Å². The first-order chi connectivity index (χ1) is 9.67. The van der Waals surface area contributed by atoms with Crippen LogP contribution in [0.2, 0.25) is 0 Å². The summed E-state index contributed by atoms with van der Waals surface area (Å²) >= 11 is 0. The summed E-state index contributed by atoms with van der Waals surface area (Å²) < 4.78 is 5.19. The molecular weight excluding hydrogens is 268 g/mol. The third-order valence-electron chi connectivity index (χ3n) is 3.44. The fraction of sp³-hybridized carbons (Fsp3) is 0.353. The van der Waals surface area contributed by atoms with E-state index in [-0.39, 0.29) is 22.1 Å². The molecular formula is C17H21O2S+. The van der Waals surface area contributed by atoms with Crippen molar-refractivity contribution in [2.45, 2.75) is 30.4 Å². The lowest BCUT2D eigenvalue weighted by molar-refractivity contribution is -0.142. The Balaban J connectivity index is 2.29. The van der Waals surface area contributed by atoms with Gasteiger partial charge in [0.2, 0.25) is 5.25 Å². The average Bonchev–Trinajstić information content (AvgIpc) is 2.47. The van der Waals surface area contributed by atoms with Gasteiger partial charge in [-0.3, -0.25) is 0 Å². The Hall–Kier alpha value is -1.48. The number of esters is 1. The van der Waals surface area contributed by atoms with Crippen LogP contribution in [0.5, 0.6) is 0 Å². The van der Waals surface area contributed by atoms with E-state index >= 15 is 0 Å². The van der Waals surface area contributed by atoms with Gasteiger partial charge in [0.05, 0.1) is 6.61 Å². The van der Waals surface area contributed by atoms with Crippen molar-refractivity contribution in [3.63, 3.8) is 0 Å². The molecule has 2 nitrogen and oxygen atoms in total. The Morgan fingerprint density at radius 3 is 2.50 bits per heavy atom. The summed E-state index contributed by atoms with van der Waals surface area (Å²) in [5, 5.41) is 2.41. The molecule has 2 atom stereocenters. The van der Waals surface area contributed by atoms with Crippen LogP contribution in [-0.4, -0.2) is 24.1 Å². The van der Waals surface area contributed by atoms with E-state index in [0.29, 0.717) is 6.61 Å². The fourth-order valence-electron chi connectivity index (χ4n) is 2.33. The molecule has 20 heavy (non-hydrogen) atoms. The van der Waals surface area contributed by atoms with Crippen LogP contribution in [-0.2, 0) is 20.4 Å². The van der Waals surface area contributed by atoms with Gasteiger partial charge in [-0.05, 0) is 29.8 Å². The summed E-state index contributed by atoms with van der Waals surface area (Å²) in [5.74, 6) is -0.0750. The first-order valence-electron chi connectivity index (χ1n) is 6.97. The van der Waals surface area contributed by atoms with E-state index < -0.39 is 0 Å². The summed E-state index contributed by atoms with van der Waals surface area (Å²) in [4.78, 5) is 13.3. The van der Waals surface area contributed by atoms with E-state index in [9.17, 15) is 4.79 Å². The van der Waals surface area contributed by atoms with Gasteiger partial charge in [0, 0.05) is 23.4 Å². The van der Waals surface area contributed by atoms with E-state index in [0.717, 1.165) is 6.42 Å². The highest BCUT2D eigenvalue weighted by Crippen LogP contribution is 2.24. The van der Waals surface area contributed by atoms with Crippen molar-refractivity contribution in [2.75, 3.05) is 12.9 Å². The van der Waals surface area contributed by atoms with Gasteiger partial charge in [0.1, 0.15) is 6.26 Å². The lowest BCUT2D eigenvalue weighted by Gasteiger charge is -2.13. The quantitative estimate of drug-likeness (QED) is 0.618. The van der Waals surface area contributed by atoms with E-state index in [2.05, 4.69) is 36.6 Å². The Kier molecular flexibility index (Phi) is 5.07. The van der Waals surface area contributed by atoms with Gasteiger partial charge >= 0.3 is 5.97 Å². The Morgan fingerprint density at radius 1 is 1.15 bits per heavy atom. The lowest BCUT2D eigenvalue weighted by Crippen LogP contribution is -2.31. The third kappa shape index (κ3) is 3.15. The Morgan fingerprint density at radius 2 is 1.85 bits per heavy atom. The number of hydrogen-bond acceptors (Lipinski definition) is 2. The van der Waals surface area contributed by atoms with E-state index in [1.807, 2.05) is 26.0 Å². The molecule has 0 aliphatic rings. The van der Waals surface area contributed by atoms with Crippen molar-refractivity contribution in [3.05, 3.63) is 42.5 Å². The molecule has 0 heterocycles. The smallest absolute Gasteiger partial charge is 0.359 e. The summed E-state index contributed by atoms with van der Waals surface area (Å²) in [6, 6.07) is 14.8. The van der Waals surface area contributed by atoms with E-state index in [1.165, 1.54) is 15.7 Å². The number of carbonyl (C=O) groups is 1. The van der Waals surface area contributed by atoms with Gasteiger partial charge in [-0.1, -0.05) is 31.2 Å². The van der Waals surface area contributed by atoms with Gasteiger partial charge in [-0.15, -0.1) is 0 Å². The second kappa shape index (κ2) is 6.80. The maximum atomic E-state index is 12.0. The summed E-state index contributed by atoms with van der Waals surface area (Å²) in [6.45, 7) is 4.35. The molecule has 0 aromatic heterocycles. The molecule has 0 saturated heterocycles. The van der Waals surface area contributed by atoms with Crippen LogP contribution in [0.25, 0.3) is 10.8 Å². The minimum absolute atomic E-state index is 0.0453. The highest BCUT2D eigenvalue weighted by molar-refractivity contribution is 7.97. The van der Waals surface area contributed by atoms with Crippen molar-refractivity contribution < 1.29 is 9.53 Å². The highest BCUT2D eigenvalue weighted by Gasteiger charge is 2.34. The molecule has 0 bridgehead atoms. The molecule has 106 valence electrons. The van der Waals surface area contributed by atoms with Crippen molar-refractivity contribution in [1.82, 2.24) is 0 Å². The van der Waals surface area contributed by atoms with Crippen LogP contribution < -0.4 is 0 Å². The molecule has 2 aromatic carbocycles. The normalized spacial score (nSPS) is 13.9. The molecule has 0 amide bonds. The van der Waals surface area contributed by atoms with Gasteiger partial charge < -0.3 is 4.74 Å². The standard InChI is InChI=1S/C17H21O2S/c1-4-16(17(18)19-5-2)20(3)15-11-10-13-8-6-7-9-14(13)12-15/h6-12,16H,4-5H2,1-3H3/q+1. The minimum Gasteiger partial charge on any atom is -0.462 e. The van der Waals surface area contributed by atoms with Crippen molar-refractivity contribution in [2.24, 2.45) is 0 Å². The predicted molar refractivity (Wildman–Crippen MR) is 86.2 cm³/mol. The Bertz CT molecular complexity index is 594. The highest BCUT2D eigenvalue weighted by atomic mass is 32.2. The maximum absolute atomic E-state index is 12.0. The monoisotopic (exact) mass is 289 g/mol. The molecule has 0 saturated carbocycles. The van der Waals surface area contributed by atoms with Crippen molar-refractivity contribution in [3.8, 4) is 0 Å². The molecule has 0 aliphatic carbocycles. The molecule has 3 heteroatoms. The largest absolute Gasteiger partial charge is 0.462 e. The molecule has 0 fully saturated rings. The van der Waals surface area contributed by atoms with Crippen LogP contribution >= 0.6 is 0 Å². The predicted octanol–water partition coefficient (Wildman–Crippen LogP) is 3.79. The maximum Gasteiger partial charge on any atom is 0.359 e. The zero-order valence-corrected chi connectivity index (χ0v) is 13.1. The first-order valence-corrected chi connectivity index (χ1v) is 8.67. The summed E-state index contributed by atoms with van der Waals surface area (Å²) in [6.07, 6.45) is 2.94. The molecule has 0 radical (unpaired) electrons. The van der Waals surface area contributed by atoms with E-state index in [1.54, 1.807) is 0 Å². The number of ether oxygens (including phenoxy) is 1. The number of rotatable bonds is 5. The molecule has 2 rings (SSSR count). The number of fused-ring (bicyclic) bond motifs is 1. The fourth-order valence-corrected chi connectivity index (χ4v) is 4.11. The number of benzene rings is 2. The number of hydrogen-bond donors (Lipinski definition) is 0.